The number of hydrogen-bond acceptors (Lipinski definition) is 5. The topological polar surface area (TPSA) is 84.9 Å². The van der Waals surface area contributed by atoms with Crippen molar-refractivity contribution in [2.24, 2.45) is 0 Å². The molecule has 0 saturated heterocycles. The molecule has 0 aromatic heterocycles. The van der Waals surface area contributed by atoms with Crippen LogP contribution >= 0.6 is 0 Å². The Bertz CT molecular complexity index is 845. The molecule has 27 heavy (non-hydrogen) atoms. The fourth-order valence-corrected chi connectivity index (χ4v) is 3.46. The quantitative estimate of drug-likeness (QED) is 0.709. The molecule has 0 aliphatic rings. The maximum absolute atomic E-state index is 12.5. The second kappa shape index (κ2) is 9.27. The van der Waals surface area contributed by atoms with E-state index in [1.807, 2.05) is 13.8 Å². The summed E-state index contributed by atoms with van der Waals surface area (Å²) in [6, 6.07) is 12.5. The summed E-state index contributed by atoms with van der Waals surface area (Å²) < 4.78 is 37.9. The van der Waals surface area contributed by atoms with Crippen molar-refractivity contribution in [1.29, 1.82) is 0 Å². The first-order valence-electron chi connectivity index (χ1n) is 8.57. The number of anilines is 1. The van der Waals surface area contributed by atoms with Crippen LogP contribution < -0.4 is 14.2 Å². The lowest BCUT2D eigenvalue weighted by Gasteiger charge is -2.18. The van der Waals surface area contributed by atoms with Gasteiger partial charge in [0.25, 0.3) is 15.9 Å². The van der Waals surface area contributed by atoms with Crippen molar-refractivity contribution in [2.75, 3.05) is 31.5 Å². The number of carbonyl (C=O) groups is 1. The van der Waals surface area contributed by atoms with E-state index in [2.05, 4.69) is 4.72 Å². The number of likely N-dealkylation sites (N-methyl/N-ethyl adjacent to an activating group) is 1. The molecular weight excluding hydrogens is 368 g/mol. The molecule has 2 rings (SSSR count). The minimum Gasteiger partial charge on any atom is -0.497 e. The molecule has 0 aliphatic carbocycles. The highest BCUT2D eigenvalue weighted by molar-refractivity contribution is 7.92. The van der Waals surface area contributed by atoms with Gasteiger partial charge in [0.1, 0.15) is 11.5 Å². The van der Waals surface area contributed by atoms with Gasteiger partial charge in [0, 0.05) is 18.8 Å². The van der Waals surface area contributed by atoms with Crippen LogP contribution in [0, 0.1) is 0 Å². The largest absolute Gasteiger partial charge is 0.497 e. The van der Waals surface area contributed by atoms with Gasteiger partial charge in [-0.05, 0) is 62.4 Å². The molecule has 1 amide bonds. The van der Waals surface area contributed by atoms with E-state index in [-0.39, 0.29) is 17.4 Å². The van der Waals surface area contributed by atoms with E-state index < -0.39 is 10.0 Å². The Labute approximate surface area is 160 Å². The van der Waals surface area contributed by atoms with Gasteiger partial charge in [0.05, 0.1) is 12.0 Å². The number of hydrogen-bond donors (Lipinski definition) is 1. The Balaban J connectivity index is 2.01. The first kappa shape index (κ1) is 20.6. The summed E-state index contributed by atoms with van der Waals surface area (Å²) in [5.74, 6) is 0.954. The zero-order chi connectivity index (χ0) is 19.9. The predicted octanol–water partition coefficient (Wildman–Crippen LogP) is 2.74. The first-order chi connectivity index (χ1) is 12.9. The molecule has 0 saturated carbocycles. The van der Waals surface area contributed by atoms with Crippen LogP contribution in [-0.4, -0.2) is 46.0 Å². The number of carbonyl (C=O) groups excluding carboxylic acids is 1. The molecule has 0 radical (unpaired) electrons. The van der Waals surface area contributed by atoms with Crippen LogP contribution in [-0.2, 0) is 14.8 Å². The van der Waals surface area contributed by atoms with E-state index in [1.54, 1.807) is 36.3 Å². The minimum absolute atomic E-state index is 0.0854. The average Bonchev–Trinajstić information content (AvgIpc) is 2.68. The van der Waals surface area contributed by atoms with Crippen LogP contribution in [0.25, 0.3) is 0 Å². The molecule has 7 nitrogen and oxygen atoms in total. The van der Waals surface area contributed by atoms with Gasteiger partial charge in [-0.15, -0.1) is 0 Å². The molecule has 8 heteroatoms. The van der Waals surface area contributed by atoms with Gasteiger partial charge in [0.15, 0.2) is 6.61 Å². The number of rotatable bonds is 9. The molecule has 0 fully saturated rings. The number of nitrogens with one attached hydrogen (secondary N) is 1. The van der Waals surface area contributed by atoms with Crippen molar-refractivity contribution in [1.82, 2.24) is 4.90 Å². The minimum atomic E-state index is -3.72. The van der Waals surface area contributed by atoms with Gasteiger partial charge in [-0.25, -0.2) is 8.42 Å². The second-order valence-corrected chi connectivity index (χ2v) is 7.34. The molecule has 2 aromatic rings. The molecule has 2 aromatic carbocycles. The van der Waals surface area contributed by atoms with Crippen molar-refractivity contribution in [3.63, 3.8) is 0 Å². The summed E-state index contributed by atoms with van der Waals surface area (Å²) in [5.41, 5.74) is 0.431. The summed E-state index contributed by atoms with van der Waals surface area (Å²) in [5, 5.41) is 0. The van der Waals surface area contributed by atoms with E-state index in [0.29, 0.717) is 30.3 Å². The number of nitrogens with zero attached hydrogens (tertiary/aromatic N) is 1. The van der Waals surface area contributed by atoms with Gasteiger partial charge >= 0.3 is 0 Å². The highest BCUT2D eigenvalue weighted by atomic mass is 32.2. The molecule has 0 heterocycles. The van der Waals surface area contributed by atoms with Crippen molar-refractivity contribution in [2.45, 2.75) is 18.7 Å². The summed E-state index contributed by atoms with van der Waals surface area (Å²) in [7, 11) is -2.18. The SMILES string of the molecule is CCN(CC)C(=O)COc1ccc(S(=O)(=O)Nc2ccc(OC)cc2)cc1. The van der Waals surface area contributed by atoms with Gasteiger partial charge in [0.2, 0.25) is 0 Å². The number of ether oxygens (including phenoxy) is 2. The van der Waals surface area contributed by atoms with E-state index in [1.165, 1.54) is 24.3 Å². The Morgan fingerprint density at radius 2 is 1.52 bits per heavy atom. The third kappa shape index (κ3) is 5.62. The maximum atomic E-state index is 12.5. The fourth-order valence-electron chi connectivity index (χ4n) is 2.40. The van der Waals surface area contributed by atoms with Crippen LogP contribution in [0.3, 0.4) is 0 Å². The average molecular weight is 392 g/mol. The van der Waals surface area contributed by atoms with E-state index >= 15 is 0 Å². The van der Waals surface area contributed by atoms with Crippen molar-refractivity contribution >= 4 is 21.6 Å². The monoisotopic (exact) mass is 392 g/mol. The maximum Gasteiger partial charge on any atom is 0.261 e. The summed E-state index contributed by atoms with van der Waals surface area (Å²) in [6.45, 7) is 4.95. The number of methoxy groups -OCH3 is 1. The summed E-state index contributed by atoms with van der Waals surface area (Å²) in [6.07, 6.45) is 0. The van der Waals surface area contributed by atoms with Crippen molar-refractivity contribution in [3.05, 3.63) is 48.5 Å². The van der Waals surface area contributed by atoms with Gasteiger partial charge in [-0.1, -0.05) is 0 Å². The van der Waals surface area contributed by atoms with Crippen LogP contribution in [0.2, 0.25) is 0 Å². The lowest BCUT2D eigenvalue weighted by atomic mass is 10.3. The molecule has 0 bridgehead atoms. The molecule has 0 unspecified atom stereocenters. The van der Waals surface area contributed by atoms with Crippen LogP contribution in [0.5, 0.6) is 11.5 Å². The predicted molar refractivity (Wildman–Crippen MR) is 104 cm³/mol. The Kier molecular flexibility index (Phi) is 7.06. The molecular formula is C19H24N2O5S. The van der Waals surface area contributed by atoms with Crippen LogP contribution in [0.15, 0.2) is 53.4 Å². The zero-order valence-electron chi connectivity index (χ0n) is 15.6. The van der Waals surface area contributed by atoms with Crippen molar-refractivity contribution < 1.29 is 22.7 Å². The van der Waals surface area contributed by atoms with Crippen LogP contribution in [0.1, 0.15) is 13.8 Å². The highest BCUT2D eigenvalue weighted by Crippen LogP contribution is 2.21. The van der Waals surface area contributed by atoms with Gasteiger partial charge in [-0.3, -0.25) is 9.52 Å². The molecule has 0 atom stereocenters. The van der Waals surface area contributed by atoms with E-state index in [4.69, 9.17) is 9.47 Å². The molecule has 0 spiro atoms. The Hall–Kier alpha value is -2.74. The lowest BCUT2D eigenvalue weighted by Crippen LogP contribution is -2.34. The summed E-state index contributed by atoms with van der Waals surface area (Å²) >= 11 is 0. The normalized spacial score (nSPS) is 10.9. The van der Waals surface area contributed by atoms with E-state index in [0.717, 1.165) is 0 Å². The third-order valence-electron chi connectivity index (χ3n) is 3.95. The molecule has 0 aliphatic heterocycles. The highest BCUT2D eigenvalue weighted by Gasteiger charge is 2.15. The second-order valence-electron chi connectivity index (χ2n) is 5.66. The number of sulfonamides is 1. The van der Waals surface area contributed by atoms with Gasteiger partial charge in [-0.2, -0.15) is 0 Å². The van der Waals surface area contributed by atoms with E-state index in [9.17, 15) is 13.2 Å². The van der Waals surface area contributed by atoms with Crippen molar-refractivity contribution in [3.8, 4) is 11.5 Å². The third-order valence-corrected chi connectivity index (χ3v) is 5.35. The number of benzene rings is 2. The Morgan fingerprint density at radius 3 is 2.04 bits per heavy atom. The smallest absolute Gasteiger partial charge is 0.261 e. The van der Waals surface area contributed by atoms with Gasteiger partial charge < -0.3 is 14.4 Å². The van der Waals surface area contributed by atoms with Crippen LogP contribution in [0.4, 0.5) is 5.69 Å². The lowest BCUT2D eigenvalue weighted by molar-refractivity contribution is -0.132. The summed E-state index contributed by atoms with van der Waals surface area (Å²) in [4.78, 5) is 13.7. The standard InChI is InChI=1S/C19H24N2O5S/c1-4-21(5-2)19(22)14-26-17-10-12-18(13-11-17)27(23,24)20-15-6-8-16(25-3)9-7-15/h6-13,20H,4-5,14H2,1-3H3. The molecule has 1 N–H and O–H groups in total. The first-order valence-corrected chi connectivity index (χ1v) is 10.1. The number of amides is 1. The Morgan fingerprint density at radius 1 is 0.963 bits per heavy atom. The fraction of sp³-hybridized carbons (Fsp3) is 0.316. The zero-order valence-corrected chi connectivity index (χ0v) is 16.5. The molecule has 146 valence electrons.